The lowest BCUT2D eigenvalue weighted by Crippen LogP contribution is -2.21. The summed E-state index contributed by atoms with van der Waals surface area (Å²) >= 11 is 0. The fraction of sp³-hybridized carbons (Fsp3) is 0.414. The predicted molar refractivity (Wildman–Crippen MR) is 152 cm³/mol. The van der Waals surface area contributed by atoms with Gasteiger partial charge in [-0.2, -0.15) is 23.0 Å². The van der Waals surface area contributed by atoms with Crippen molar-refractivity contribution in [1.82, 2.24) is 14.9 Å². The number of carbonyl (C=O) groups is 1. The van der Waals surface area contributed by atoms with Crippen LogP contribution in [0.4, 0.5) is 36.3 Å². The van der Waals surface area contributed by atoms with Crippen LogP contribution in [0.25, 0.3) is 0 Å². The van der Waals surface area contributed by atoms with Crippen LogP contribution < -0.4 is 10.6 Å². The second-order valence-electron chi connectivity index (χ2n) is 10.6. The highest BCUT2D eigenvalue weighted by Gasteiger charge is 2.37. The zero-order chi connectivity index (χ0) is 30.0. The predicted octanol–water partition coefficient (Wildman–Crippen LogP) is 6.87. The molecule has 222 valence electrons. The van der Waals surface area contributed by atoms with Gasteiger partial charge in [0.1, 0.15) is 11.4 Å². The third-order valence-corrected chi connectivity index (χ3v) is 8.33. The van der Waals surface area contributed by atoms with Gasteiger partial charge >= 0.3 is 14.2 Å². The molecule has 1 aliphatic heterocycles. The van der Waals surface area contributed by atoms with Crippen molar-refractivity contribution in [1.29, 1.82) is 0 Å². The third kappa shape index (κ3) is 6.56. The van der Waals surface area contributed by atoms with Crippen LogP contribution in [0.2, 0.25) is 0 Å². The van der Waals surface area contributed by atoms with Crippen LogP contribution in [0.5, 0.6) is 0 Å². The van der Waals surface area contributed by atoms with Crippen molar-refractivity contribution in [2.45, 2.75) is 63.5 Å². The summed E-state index contributed by atoms with van der Waals surface area (Å²) in [6, 6.07) is 10.1. The number of halogens is 3. The van der Waals surface area contributed by atoms with E-state index in [1.165, 1.54) is 0 Å². The van der Waals surface area contributed by atoms with Crippen LogP contribution in [0, 0.1) is 0 Å². The number of nitrogens with one attached hydrogen (secondary N) is 2. The number of benzene rings is 2. The summed E-state index contributed by atoms with van der Waals surface area (Å²) in [7, 11) is -0.658. The number of anilines is 4. The second-order valence-corrected chi connectivity index (χ2v) is 11.6. The van der Waals surface area contributed by atoms with Gasteiger partial charge in [0.15, 0.2) is 0 Å². The van der Waals surface area contributed by atoms with E-state index in [-0.39, 0.29) is 35.7 Å². The molecule has 1 aliphatic carbocycles. The van der Waals surface area contributed by atoms with Crippen molar-refractivity contribution >= 4 is 37.1 Å². The number of carbonyl (C=O) groups excluding carboxylic acids is 1. The largest absolute Gasteiger partial charge is 0.510 e. The van der Waals surface area contributed by atoms with E-state index in [1.807, 2.05) is 13.0 Å². The average molecular weight is 603 g/mol. The van der Waals surface area contributed by atoms with E-state index in [4.69, 9.17) is 9.63 Å². The highest BCUT2D eigenvalue weighted by Crippen LogP contribution is 2.42. The molecule has 9 nitrogen and oxygen atoms in total. The molecular weight excluding hydrogens is 570 g/mol. The second kappa shape index (κ2) is 12.3. The Hall–Kier alpha value is -3.60. The van der Waals surface area contributed by atoms with Gasteiger partial charge in [-0.1, -0.05) is 18.2 Å². The molecule has 0 radical (unpaired) electrons. The molecule has 5 rings (SSSR count). The number of aromatic nitrogens is 2. The molecule has 1 fully saturated rings. The number of hydrogen-bond acceptors (Lipinski definition) is 7. The Morgan fingerprint density at radius 3 is 2.45 bits per heavy atom. The minimum absolute atomic E-state index is 0.00792. The summed E-state index contributed by atoms with van der Waals surface area (Å²) in [6.45, 7) is 3.04. The Morgan fingerprint density at radius 1 is 1.10 bits per heavy atom. The fourth-order valence-electron chi connectivity index (χ4n) is 5.69. The van der Waals surface area contributed by atoms with E-state index in [0.717, 1.165) is 36.8 Å². The summed E-state index contributed by atoms with van der Waals surface area (Å²) in [4.78, 5) is 31.9. The number of nitrogens with zero attached hydrogens (tertiary/aromatic N) is 3. The lowest BCUT2D eigenvalue weighted by atomic mass is 9.80. The van der Waals surface area contributed by atoms with Gasteiger partial charge in [-0.3, -0.25) is 4.79 Å². The summed E-state index contributed by atoms with van der Waals surface area (Å²) in [5.74, 6) is -0.588. The number of alkyl halides is 3. The lowest BCUT2D eigenvalue weighted by Gasteiger charge is -2.30. The first-order chi connectivity index (χ1) is 20.0. The Balaban J connectivity index is 1.45. The molecule has 2 aromatic carbocycles. The van der Waals surface area contributed by atoms with Gasteiger partial charge in [-0.05, 0) is 72.4 Å². The normalized spacial score (nSPS) is 19.0. The van der Waals surface area contributed by atoms with Crippen LogP contribution >= 0.6 is 8.03 Å². The Bertz CT molecular complexity index is 1480. The van der Waals surface area contributed by atoms with E-state index < -0.39 is 25.6 Å². The quantitative estimate of drug-likeness (QED) is 0.227. The van der Waals surface area contributed by atoms with Crippen LogP contribution in [-0.2, 0) is 28.2 Å². The first kappa shape index (κ1) is 29.9. The maximum atomic E-state index is 14.0. The summed E-state index contributed by atoms with van der Waals surface area (Å²) in [5, 5.41) is 5.67. The number of hydrogen-bond donors (Lipinski definition) is 3. The minimum atomic E-state index is -4.74. The number of amides is 1. The SMILES string of the molecule is CCOC1CCC(c2ccc(Nc3nc(Nc4ccc(C[P+](=O)O)cc4)ncc3C(F)(F)F)c3c2CN(C)C3=O)CC1. The molecule has 1 amide bonds. The van der Waals surface area contributed by atoms with Crippen molar-refractivity contribution in [2.75, 3.05) is 24.3 Å². The third-order valence-electron chi connectivity index (χ3n) is 7.70. The Morgan fingerprint density at radius 2 is 1.81 bits per heavy atom. The number of rotatable bonds is 9. The Labute approximate surface area is 242 Å². The molecule has 0 saturated heterocycles. The maximum Gasteiger partial charge on any atom is 0.510 e. The summed E-state index contributed by atoms with van der Waals surface area (Å²) in [5.41, 5.74) is 2.55. The zero-order valence-electron chi connectivity index (χ0n) is 23.2. The molecule has 0 spiro atoms. The number of ether oxygens (including phenoxy) is 1. The van der Waals surface area contributed by atoms with Crippen molar-refractivity contribution < 1.29 is 32.2 Å². The highest BCUT2D eigenvalue weighted by molar-refractivity contribution is 7.37. The van der Waals surface area contributed by atoms with Gasteiger partial charge in [0.25, 0.3) is 5.91 Å². The first-order valence-electron chi connectivity index (χ1n) is 13.8. The van der Waals surface area contributed by atoms with Gasteiger partial charge < -0.3 is 20.3 Å². The lowest BCUT2D eigenvalue weighted by molar-refractivity contribution is -0.137. The smallest absolute Gasteiger partial charge is 0.379 e. The molecule has 3 aromatic rings. The van der Waals surface area contributed by atoms with E-state index in [2.05, 4.69) is 20.6 Å². The first-order valence-corrected chi connectivity index (χ1v) is 15.2. The fourth-order valence-corrected chi connectivity index (χ4v) is 6.22. The van der Waals surface area contributed by atoms with E-state index in [0.29, 0.717) is 36.2 Å². The molecule has 1 atom stereocenters. The minimum Gasteiger partial charge on any atom is -0.379 e. The molecule has 2 heterocycles. The molecule has 2 aliphatic rings. The van der Waals surface area contributed by atoms with Gasteiger partial charge in [-0.25, -0.2) is 4.98 Å². The molecule has 1 unspecified atom stereocenters. The van der Waals surface area contributed by atoms with Crippen LogP contribution in [0.3, 0.4) is 0 Å². The molecule has 1 aromatic heterocycles. The number of fused-ring (bicyclic) bond motifs is 1. The van der Waals surface area contributed by atoms with Crippen molar-refractivity contribution in [2.24, 2.45) is 0 Å². The highest BCUT2D eigenvalue weighted by atomic mass is 31.1. The molecule has 1 saturated carbocycles. The van der Waals surface area contributed by atoms with E-state index >= 15 is 0 Å². The monoisotopic (exact) mass is 602 g/mol. The van der Waals surface area contributed by atoms with Crippen LogP contribution in [0.1, 0.15) is 71.1 Å². The standard InChI is InChI=1S/C29H31F3N5O4P/c1-3-41-20-10-6-18(7-11-20)21-12-13-24(25-22(21)15-37(2)27(25)38)35-26-23(29(30,31)32)14-33-28(36-26)34-19-8-4-17(5-9-19)16-42(39)40/h4-5,8-9,12-14,18,20H,3,6-7,10-11,15-16H2,1-2H3,(H2-,33,34,35,36,38,39,40)/p+1. The van der Waals surface area contributed by atoms with Gasteiger partial charge in [0.05, 0.1) is 17.4 Å². The molecule has 3 N–H and O–H groups in total. The van der Waals surface area contributed by atoms with Crippen LogP contribution in [0.15, 0.2) is 42.6 Å². The van der Waals surface area contributed by atoms with Crippen molar-refractivity contribution in [3.63, 3.8) is 0 Å². The Kier molecular flexibility index (Phi) is 8.77. The topological polar surface area (TPSA) is 117 Å². The van der Waals surface area contributed by atoms with Crippen molar-refractivity contribution in [3.05, 3.63) is 70.4 Å². The average Bonchev–Trinajstić information content (AvgIpc) is 3.24. The van der Waals surface area contributed by atoms with Crippen LogP contribution in [-0.4, -0.2) is 45.4 Å². The maximum absolute atomic E-state index is 14.0. The van der Waals surface area contributed by atoms with Gasteiger partial charge in [-0.15, -0.1) is 0 Å². The molecule has 13 heteroatoms. The van der Waals surface area contributed by atoms with E-state index in [9.17, 15) is 22.5 Å². The molecule has 0 bridgehead atoms. The zero-order valence-corrected chi connectivity index (χ0v) is 24.1. The van der Waals surface area contributed by atoms with Gasteiger partial charge in [0.2, 0.25) is 12.1 Å². The summed E-state index contributed by atoms with van der Waals surface area (Å²) < 4.78 is 58.8. The molecular formula is C29H32F3N5O4P+. The van der Waals surface area contributed by atoms with E-state index in [1.54, 1.807) is 42.3 Å². The van der Waals surface area contributed by atoms with Gasteiger partial charge in [0, 0.05) is 37.6 Å². The molecule has 42 heavy (non-hydrogen) atoms. The summed E-state index contributed by atoms with van der Waals surface area (Å²) in [6.07, 6.45) is -0.142. The van der Waals surface area contributed by atoms with Crippen molar-refractivity contribution in [3.8, 4) is 0 Å².